The number of ether oxygens (including phenoxy) is 1. The Hall–Kier alpha value is -2.41. The van der Waals surface area contributed by atoms with Crippen molar-refractivity contribution in [2.24, 2.45) is 5.73 Å². The summed E-state index contributed by atoms with van der Waals surface area (Å²) in [6.45, 7) is 3.06. The summed E-state index contributed by atoms with van der Waals surface area (Å²) in [5, 5.41) is 0.705. The number of halogens is 1. The van der Waals surface area contributed by atoms with E-state index in [4.69, 9.17) is 27.1 Å². The van der Waals surface area contributed by atoms with Crippen molar-refractivity contribution in [3.05, 3.63) is 64.9 Å². The average Bonchev–Trinajstić information content (AvgIpc) is 3.19. The van der Waals surface area contributed by atoms with E-state index in [1.165, 1.54) is 0 Å². The average molecular weight is 469 g/mol. The second-order valence-corrected chi connectivity index (χ2v) is 9.37. The van der Waals surface area contributed by atoms with Gasteiger partial charge in [-0.3, -0.25) is 4.79 Å². The van der Waals surface area contributed by atoms with Crippen molar-refractivity contribution >= 4 is 28.5 Å². The van der Waals surface area contributed by atoms with Gasteiger partial charge in [-0.15, -0.1) is 0 Å². The monoisotopic (exact) mass is 468 g/mol. The molecule has 1 aliphatic heterocycles. The van der Waals surface area contributed by atoms with Crippen LogP contribution in [0.1, 0.15) is 43.0 Å². The normalized spacial score (nSPS) is 17.4. The lowest BCUT2D eigenvalue weighted by molar-refractivity contribution is -0.132. The lowest BCUT2D eigenvalue weighted by atomic mass is 9.96. The third-order valence-electron chi connectivity index (χ3n) is 6.40. The zero-order valence-electron chi connectivity index (χ0n) is 19.3. The first-order chi connectivity index (χ1) is 16.0. The molecule has 4 rings (SSSR count). The number of para-hydroxylation sites is 2. The number of amides is 1. The fraction of sp³-hybridized carbons (Fsp3) is 0.462. The van der Waals surface area contributed by atoms with Gasteiger partial charge in [0.25, 0.3) is 0 Å². The highest BCUT2D eigenvalue weighted by atomic mass is 35.5. The van der Waals surface area contributed by atoms with Crippen molar-refractivity contribution in [2.45, 2.75) is 50.6 Å². The number of nitrogens with two attached hydrogens (primary N) is 1. The van der Waals surface area contributed by atoms with Crippen LogP contribution in [0, 0.1) is 0 Å². The number of carbonyl (C=O) groups excluding carboxylic acids is 1. The van der Waals surface area contributed by atoms with Gasteiger partial charge in [-0.2, -0.15) is 0 Å². The third-order valence-corrected chi connectivity index (χ3v) is 6.65. The molecule has 1 unspecified atom stereocenters. The zero-order valence-corrected chi connectivity index (χ0v) is 20.0. The van der Waals surface area contributed by atoms with Gasteiger partial charge in [-0.1, -0.05) is 35.9 Å². The summed E-state index contributed by atoms with van der Waals surface area (Å²) in [6.07, 6.45) is 3.95. The molecule has 0 bridgehead atoms. The number of hydrogen-bond acceptors (Lipinski definition) is 4. The molecule has 1 fully saturated rings. The van der Waals surface area contributed by atoms with Gasteiger partial charge in [0.15, 0.2) is 0 Å². The minimum Gasteiger partial charge on any atom is -0.385 e. The van der Waals surface area contributed by atoms with Crippen LogP contribution in [0.2, 0.25) is 5.02 Å². The first kappa shape index (κ1) is 23.7. The van der Waals surface area contributed by atoms with Crippen LogP contribution in [0.4, 0.5) is 0 Å². The molecule has 7 heteroatoms. The molecule has 33 heavy (non-hydrogen) atoms. The number of benzene rings is 2. The van der Waals surface area contributed by atoms with Gasteiger partial charge in [-0.25, -0.2) is 4.98 Å². The largest absolute Gasteiger partial charge is 0.385 e. The fourth-order valence-corrected chi connectivity index (χ4v) is 4.90. The number of aromatic nitrogens is 2. The van der Waals surface area contributed by atoms with E-state index in [9.17, 15) is 4.79 Å². The Morgan fingerprint density at radius 2 is 2.03 bits per heavy atom. The summed E-state index contributed by atoms with van der Waals surface area (Å²) in [7, 11) is 1.73. The van der Waals surface area contributed by atoms with E-state index in [0.717, 1.165) is 54.8 Å². The van der Waals surface area contributed by atoms with Crippen LogP contribution in [0.25, 0.3) is 11.0 Å². The lowest BCUT2D eigenvalue weighted by Gasteiger charge is -2.33. The first-order valence-corrected chi connectivity index (χ1v) is 12.1. The van der Waals surface area contributed by atoms with E-state index < -0.39 is 0 Å². The van der Waals surface area contributed by atoms with Crippen LogP contribution in [0.3, 0.4) is 0 Å². The Morgan fingerprint density at radius 1 is 1.24 bits per heavy atom. The summed E-state index contributed by atoms with van der Waals surface area (Å²) < 4.78 is 7.59. The predicted octanol–water partition coefficient (Wildman–Crippen LogP) is 4.39. The Balaban J connectivity index is 1.43. The highest BCUT2D eigenvalue weighted by molar-refractivity contribution is 6.30. The molecular weight excluding hydrogens is 436 g/mol. The Bertz CT molecular complexity index is 1070. The molecule has 1 aromatic heterocycles. The van der Waals surface area contributed by atoms with Crippen LogP contribution in [-0.4, -0.2) is 53.2 Å². The van der Waals surface area contributed by atoms with Crippen molar-refractivity contribution in [3.63, 3.8) is 0 Å². The van der Waals surface area contributed by atoms with E-state index in [1.807, 2.05) is 35.2 Å². The SMILES string of the molecule is COCCCn1c(C2CCCN(C(=O)C[C@H](N)Cc3ccc(Cl)cc3)C2)nc2ccccc21. The van der Waals surface area contributed by atoms with Gasteiger partial charge in [0.2, 0.25) is 5.91 Å². The molecular formula is C26H33ClN4O2. The van der Waals surface area contributed by atoms with Gasteiger partial charge in [0.1, 0.15) is 5.82 Å². The quantitative estimate of drug-likeness (QED) is 0.472. The zero-order chi connectivity index (χ0) is 23.2. The molecule has 0 radical (unpaired) electrons. The van der Waals surface area contributed by atoms with Crippen LogP contribution in [0.5, 0.6) is 0 Å². The van der Waals surface area contributed by atoms with E-state index in [0.29, 0.717) is 31.0 Å². The van der Waals surface area contributed by atoms with Gasteiger partial charge in [0.05, 0.1) is 11.0 Å². The maximum Gasteiger partial charge on any atom is 0.224 e. The molecule has 2 heterocycles. The van der Waals surface area contributed by atoms with Crippen LogP contribution >= 0.6 is 11.6 Å². The second kappa shape index (κ2) is 11.1. The van der Waals surface area contributed by atoms with Crippen LogP contribution in [-0.2, 0) is 22.5 Å². The molecule has 1 saturated heterocycles. The highest BCUT2D eigenvalue weighted by Crippen LogP contribution is 2.30. The summed E-state index contributed by atoms with van der Waals surface area (Å²) >= 11 is 5.97. The predicted molar refractivity (Wildman–Crippen MR) is 133 cm³/mol. The number of piperidine rings is 1. The number of fused-ring (bicyclic) bond motifs is 1. The number of nitrogens with zero attached hydrogens (tertiary/aromatic N) is 3. The Kier molecular flexibility index (Phi) is 8.02. The van der Waals surface area contributed by atoms with Gasteiger partial charge < -0.3 is 19.9 Å². The van der Waals surface area contributed by atoms with Gasteiger partial charge in [0, 0.05) is 56.8 Å². The minimum atomic E-state index is -0.210. The molecule has 3 aromatic rings. The van der Waals surface area contributed by atoms with Gasteiger partial charge >= 0.3 is 0 Å². The molecule has 176 valence electrons. The van der Waals surface area contributed by atoms with Crippen molar-refractivity contribution in [1.82, 2.24) is 14.5 Å². The molecule has 2 aromatic carbocycles. The topological polar surface area (TPSA) is 73.4 Å². The van der Waals surface area contributed by atoms with E-state index in [2.05, 4.69) is 22.8 Å². The highest BCUT2D eigenvalue weighted by Gasteiger charge is 2.29. The maximum atomic E-state index is 13.1. The molecule has 1 aliphatic rings. The van der Waals surface area contributed by atoms with Crippen LogP contribution in [0.15, 0.2) is 48.5 Å². The van der Waals surface area contributed by atoms with Crippen molar-refractivity contribution < 1.29 is 9.53 Å². The lowest BCUT2D eigenvalue weighted by Crippen LogP contribution is -2.42. The van der Waals surface area contributed by atoms with Crippen molar-refractivity contribution in [2.75, 3.05) is 26.8 Å². The van der Waals surface area contributed by atoms with Crippen molar-refractivity contribution in [3.8, 4) is 0 Å². The fourth-order valence-electron chi connectivity index (χ4n) is 4.77. The number of hydrogen-bond donors (Lipinski definition) is 1. The van der Waals surface area contributed by atoms with Crippen molar-refractivity contribution in [1.29, 1.82) is 0 Å². The Labute approximate surface area is 200 Å². The number of methoxy groups -OCH3 is 1. The molecule has 2 N–H and O–H groups in total. The third kappa shape index (κ3) is 5.94. The molecule has 2 atom stereocenters. The van der Waals surface area contributed by atoms with E-state index in [-0.39, 0.29) is 17.9 Å². The molecule has 0 saturated carbocycles. The first-order valence-electron chi connectivity index (χ1n) is 11.8. The molecule has 0 aliphatic carbocycles. The second-order valence-electron chi connectivity index (χ2n) is 8.93. The number of rotatable bonds is 9. The van der Waals surface area contributed by atoms with E-state index >= 15 is 0 Å². The van der Waals surface area contributed by atoms with Gasteiger partial charge in [-0.05, 0) is 55.5 Å². The minimum absolute atomic E-state index is 0.128. The number of carbonyl (C=O) groups is 1. The summed E-state index contributed by atoms with van der Waals surface area (Å²) in [5.41, 5.74) is 9.59. The summed E-state index contributed by atoms with van der Waals surface area (Å²) in [6, 6.07) is 15.7. The summed E-state index contributed by atoms with van der Waals surface area (Å²) in [5.74, 6) is 1.43. The molecule has 0 spiro atoms. The summed E-state index contributed by atoms with van der Waals surface area (Å²) in [4.78, 5) is 20.0. The smallest absolute Gasteiger partial charge is 0.224 e. The maximum absolute atomic E-state index is 13.1. The number of aryl methyl sites for hydroxylation is 1. The number of likely N-dealkylation sites (tertiary alicyclic amines) is 1. The number of imidazole rings is 1. The van der Waals surface area contributed by atoms with E-state index in [1.54, 1.807) is 7.11 Å². The molecule has 6 nitrogen and oxygen atoms in total. The van der Waals surface area contributed by atoms with Crippen LogP contribution < -0.4 is 5.73 Å². The molecule has 1 amide bonds. The standard InChI is InChI=1S/C26H33ClN4O2/c1-33-15-5-14-31-24-8-3-2-7-23(24)29-26(31)20-6-4-13-30(18-20)25(32)17-22(28)16-19-9-11-21(27)12-10-19/h2-3,7-12,20,22H,4-6,13-18,28H2,1H3/t20?,22-/m1/s1. The Morgan fingerprint density at radius 3 is 2.82 bits per heavy atom.